The van der Waals surface area contributed by atoms with E-state index in [1.54, 1.807) is 0 Å². The van der Waals surface area contributed by atoms with Crippen LogP contribution in [0.2, 0.25) is 0 Å². The molecule has 3 aromatic heterocycles. The van der Waals surface area contributed by atoms with Gasteiger partial charge in [-0.2, -0.15) is 0 Å². The van der Waals surface area contributed by atoms with Crippen molar-refractivity contribution in [2.75, 3.05) is 0 Å². The molecule has 3 nitrogen and oxygen atoms in total. The fraction of sp³-hybridized carbons (Fsp3) is 0. The van der Waals surface area contributed by atoms with Crippen LogP contribution in [0.4, 0.5) is 0 Å². The van der Waals surface area contributed by atoms with Gasteiger partial charge in [-0.05, 0) is 6.07 Å². The van der Waals surface area contributed by atoms with Crippen LogP contribution in [0.15, 0.2) is 200 Å². The molecule has 0 saturated heterocycles. The summed E-state index contributed by atoms with van der Waals surface area (Å²) in [5.41, 5.74) is 8.79. The Balaban J connectivity index is 1.18. The molecule has 0 fully saturated rings. The topological polar surface area (TPSA) is 30.7 Å². The second kappa shape index (κ2) is 12.7. The first kappa shape index (κ1) is 32.6. The second-order valence-corrected chi connectivity index (χ2v) is 23.7. The fourth-order valence-electron chi connectivity index (χ4n) is 9.53. The van der Waals surface area contributed by atoms with Crippen molar-refractivity contribution in [2.45, 2.75) is 0 Å². The van der Waals surface area contributed by atoms with E-state index in [0.29, 0.717) is 0 Å². The molecule has 0 atom stereocenters. The van der Waals surface area contributed by atoms with Gasteiger partial charge in [0, 0.05) is 0 Å². The van der Waals surface area contributed by atoms with Crippen LogP contribution < -0.4 is 17.6 Å². The van der Waals surface area contributed by atoms with Crippen LogP contribution in [0.5, 0.6) is 0 Å². The summed E-state index contributed by atoms with van der Waals surface area (Å²) in [6.45, 7) is 0. The van der Waals surface area contributed by atoms with Gasteiger partial charge in [0.05, 0.1) is 0 Å². The summed E-state index contributed by atoms with van der Waals surface area (Å²) >= 11 is -1.81. The van der Waals surface area contributed by atoms with Gasteiger partial charge in [-0.1, -0.05) is 18.2 Å². The number of hydrogen-bond donors (Lipinski definition) is 0. The molecule has 0 aliphatic carbocycles. The van der Waals surface area contributed by atoms with Crippen LogP contribution in [0, 0.1) is 0 Å². The fourth-order valence-corrected chi connectivity index (χ4v) is 21.6. The molecule has 5 heteroatoms. The summed E-state index contributed by atoms with van der Waals surface area (Å²) in [6.07, 6.45) is 0. The van der Waals surface area contributed by atoms with Crippen LogP contribution in [-0.2, 0) is 0 Å². The van der Waals surface area contributed by atoms with Crippen molar-refractivity contribution in [2.24, 2.45) is 0 Å². The molecule has 11 aromatic rings. The summed E-state index contributed by atoms with van der Waals surface area (Å²) in [4.78, 5) is 11.5. The molecule has 8 aromatic carbocycles. The Morgan fingerprint density at radius 2 is 1.02 bits per heavy atom. The number of thiophene rings is 1. The SMILES string of the molecule is c1ccc(-c2nc(-c3ccccc3-n3c4ccccc4c4cc5c(cc43)sc3ccccc35)nc3[c]2[Ge]([c]2ccccc2)([c]2ccccc2)[c]2ccccc2-3)cc1. The maximum atomic E-state index is 5.75. The van der Waals surface area contributed by atoms with Crippen LogP contribution in [0.25, 0.3) is 81.6 Å². The minimum absolute atomic E-state index is 0.728. The Morgan fingerprint density at radius 3 is 1.79 bits per heavy atom. The first-order valence-corrected chi connectivity index (χ1v) is 24.4. The van der Waals surface area contributed by atoms with E-state index < -0.39 is 13.3 Å². The molecule has 0 bridgehead atoms. The standard InChI is InChI=1S/C52H33GeN3S/c1-4-18-34(19-5-1)50-49-51(39-26-10-14-28-43(39)53(49,35-20-6-2-7-21-35)36-22-8-3-9-23-36)55-52(54-50)40-27-12-16-30-45(40)56-44-29-15-11-24-37(44)41-32-42-38-25-13-17-31-47(38)57-48(42)33-46(41)56/h1-33H. The molecular weight excluding hydrogens is 771 g/mol. The van der Waals surface area contributed by atoms with E-state index in [1.165, 1.54) is 65.1 Å². The monoisotopic (exact) mass is 805 g/mol. The van der Waals surface area contributed by atoms with Gasteiger partial charge in [-0.15, -0.1) is 0 Å². The first-order valence-electron chi connectivity index (χ1n) is 19.4. The van der Waals surface area contributed by atoms with E-state index in [2.05, 4.69) is 205 Å². The molecule has 0 amide bonds. The number of rotatable bonds is 5. The third-order valence-corrected chi connectivity index (χ3v) is 23.2. The molecule has 0 unspecified atom stereocenters. The molecule has 0 spiro atoms. The van der Waals surface area contributed by atoms with Gasteiger partial charge in [-0.3, -0.25) is 0 Å². The number of benzene rings is 8. The Morgan fingerprint density at radius 1 is 0.421 bits per heavy atom. The molecule has 0 radical (unpaired) electrons. The van der Waals surface area contributed by atoms with Crippen molar-refractivity contribution in [3.05, 3.63) is 200 Å². The number of nitrogens with zero attached hydrogens (tertiary/aromatic N) is 3. The van der Waals surface area contributed by atoms with E-state index in [1.807, 2.05) is 11.3 Å². The molecule has 57 heavy (non-hydrogen) atoms. The van der Waals surface area contributed by atoms with Crippen LogP contribution in [0.3, 0.4) is 0 Å². The third-order valence-electron chi connectivity index (χ3n) is 11.9. The van der Waals surface area contributed by atoms with E-state index in [4.69, 9.17) is 9.97 Å². The van der Waals surface area contributed by atoms with Gasteiger partial charge in [0.25, 0.3) is 0 Å². The number of para-hydroxylation sites is 2. The molecular formula is C52H33GeN3S. The van der Waals surface area contributed by atoms with Gasteiger partial charge in [0.1, 0.15) is 0 Å². The van der Waals surface area contributed by atoms with Gasteiger partial charge < -0.3 is 0 Å². The minimum atomic E-state index is -3.67. The summed E-state index contributed by atoms with van der Waals surface area (Å²) in [7, 11) is 0. The van der Waals surface area contributed by atoms with E-state index in [9.17, 15) is 0 Å². The maximum absolute atomic E-state index is 5.75. The van der Waals surface area contributed by atoms with E-state index >= 15 is 0 Å². The summed E-state index contributed by atoms with van der Waals surface area (Å²) in [5, 5.41) is 5.09. The zero-order chi connectivity index (χ0) is 37.5. The first-order chi connectivity index (χ1) is 28.3. The van der Waals surface area contributed by atoms with Crippen molar-refractivity contribution in [3.8, 4) is 39.6 Å². The average molecular weight is 805 g/mol. The molecule has 0 N–H and O–H groups in total. The average Bonchev–Trinajstić information content (AvgIpc) is 3.92. The molecule has 1 aliphatic rings. The summed E-state index contributed by atoms with van der Waals surface area (Å²) in [6, 6.07) is 73.2. The van der Waals surface area contributed by atoms with E-state index in [-0.39, 0.29) is 0 Å². The number of fused-ring (bicyclic) bond motifs is 9. The van der Waals surface area contributed by atoms with Crippen LogP contribution >= 0.6 is 11.3 Å². The Bertz CT molecular complexity index is 3310. The number of hydrogen-bond acceptors (Lipinski definition) is 3. The van der Waals surface area contributed by atoms with Gasteiger partial charge >= 0.3 is 314 Å². The third kappa shape index (κ3) is 4.72. The van der Waals surface area contributed by atoms with Gasteiger partial charge in [0.15, 0.2) is 0 Å². The Kier molecular flexibility index (Phi) is 7.28. The molecule has 266 valence electrons. The van der Waals surface area contributed by atoms with Crippen molar-refractivity contribution in [3.63, 3.8) is 0 Å². The zero-order valence-electron chi connectivity index (χ0n) is 30.8. The molecule has 4 heterocycles. The van der Waals surface area contributed by atoms with Crippen LogP contribution in [-0.4, -0.2) is 27.8 Å². The van der Waals surface area contributed by atoms with Crippen molar-refractivity contribution < 1.29 is 0 Å². The van der Waals surface area contributed by atoms with Crippen molar-refractivity contribution in [1.29, 1.82) is 0 Å². The second-order valence-electron chi connectivity index (χ2n) is 14.8. The molecule has 0 saturated carbocycles. The predicted molar refractivity (Wildman–Crippen MR) is 243 cm³/mol. The van der Waals surface area contributed by atoms with Gasteiger partial charge in [0.2, 0.25) is 0 Å². The predicted octanol–water partition coefficient (Wildman–Crippen LogP) is 10.6. The van der Waals surface area contributed by atoms with Gasteiger partial charge in [-0.25, -0.2) is 0 Å². The van der Waals surface area contributed by atoms with Crippen molar-refractivity contribution >= 4 is 84.2 Å². The molecule has 1 aliphatic heterocycles. The Hall–Kier alpha value is -6.60. The summed E-state index contributed by atoms with van der Waals surface area (Å²) < 4.78 is 10.5. The van der Waals surface area contributed by atoms with Crippen molar-refractivity contribution in [1.82, 2.24) is 14.5 Å². The quantitative estimate of drug-likeness (QED) is 0.162. The van der Waals surface area contributed by atoms with E-state index in [0.717, 1.165) is 34.0 Å². The van der Waals surface area contributed by atoms with Crippen LogP contribution in [0.1, 0.15) is 0 Å². The zero-order valence-corrected chi connectivity index (χ0v) is 33.7. The Labute approximate surface area is 336 Å². The summed E-state index contributed by atoms with van der Waals surface area (Å²) in [5.74, 6) is 0.728. The number of aromatic nitrogens is 3. The molecule has 12 rings (SSSR count). The normalized spacial score (nSPS) is 13.1.